The largest absolute Gasteiger partial charge is 0.481 e. The monoisotopic (exact) mass is 226 g/mol. The van der Waals surface area contributed by atoms with E-state index in [4.69, 9.17) is 5.11 Å². The van der Waals surface area contributed by atoms with Gasteiger partial charge in [0, 0.05) is 11.3 Å². The van der Waals surface area contributed by atoms with Gasteiger partial charge in [0.25, 0.3) is 0 Å². The van der Waals surface area contributed by atoms with Crippen LogP contribution in [0.4, 0.5) is 0 Å². The molecule has 0 aromatic carbocycles. The zero-order valence-electron chi connectivity index (χ0n) is 8.82. The molecule has 1 heterocycles. The molecule has 0 aromatic heterocycles. The van der Waals surface area contributed by atoms with Gasteiger partial charge in [0.2, 0.25) is 5.12 Å². The van der Waals surface area contributed by atoms with E-state index in [0.29, 0.717) is 0 Å². The Morgan fingerprint density at radius 2 is 2.27 bits per heavy atom. The second kappa shape index (κ2) is 3.37. The second-order valence-electron chi connectivity index (χ2n) is 4.74. The van der Waals surface area contributed by atoms with E-state index in [1.165, 1.54) is 11.8 Å². The summed E-state index contributed by atoms with van der Waals surface area (Å²) in [5.41, 5.74) is 0.633. The van der Waals surface area contributed by atoms with Gasteiger partial charge in [-0.3, -0.25) is 9.59 Å². The first kappa shape index (κ1) is 10.7. The fourth-order valence-electron chi connectivity index (χ4n) is 2.28. The van der Waals surface area contributed by atoms with E-state index < -0.39 is 5.97 Å². The van der Waals surface area contributed by atoms with E-state index in [9.17, 15) is 9.59 Å². The standard InChI is InChI=1S/C11H14O3S/c1-11(2)7(8(11)9(12)13)5-6-3-4-15-10(6)14/h5,7-8H,3-4H2,1-2H3,(H,12,13)/b6-5+/t7-,8+/m1/s1. The Bertz CT molecular complexity index is 357. The van der Waals surface area contributed by atoms with Crippen molar-refractivity contribution >= 4 is 22.8 Å². The molecule has 0 aromatic rings. The average molecular weight is 226 g/mol. The normalized spacial score (nSPS) is 35.9. The van der Waals surface area contributed by atoms with Crippen LogP contribution in [-0.4, -0.2) is 21.9 Å². The Hall–Kier alpha value is -0.770. The SMILES string of the molecule is CC1(C)[C@H](/C=C2\CCSC2=O)[C@H]1C(=O)O. The zero-order valence-corrected chi connectivity index (χ0v) is 9.63. The molecule has 4 heteroatoms. The van der Waals surface area contributed by atoms with Crippen LogP contribution in [0.1, 0.15) is 20.3 Å². The van der Waals surface area contributed by atoms with Crippen molar-refractivity contribution in [2.75, 3.05) is 5.75 Å². The number of aliphatic carboxylic acids is 1. The lowest BCUT2D eigenvalue weighted by Gasteiger charge is -1.97. The van der Waals surface area contributed by atoms with Crippen LogP contribution in [-0.2, 0) is 9.59 Å². The Morgan fingerprint density at radius 1 is 1.60 bits per heavy atom. The predicted octanol–water partition coefficient (Wildman–Crippen LogP) is 1.93. The molecule has 1 aliphatic heterocycles. The minimum absolute atomic E-state index is 0.0349. The molecule has 3 nitrogen and oxygen atoms in total. The van der Waals surface area contributed by atoms with Crippen LogP contribution >= 0.6 is 11.8 Å². The maximum atomic E-state index is 11.4. The number of carboxylic acid groups (broad SMARTS) is 1. The zero-order chi connectivity index (χ0) is 11.2. The molecule has 0 unspecified atom stereocenters. The Balaban J connectivity index is 2.15. The van der Waals surface area contributed by atoms with Gasteiger partial charge in [-0.05, 0) is 17.8 Å². The lowest BCUT2D eigenvalue weighted by molar-refractivity contribution is -0.139. The van der Waals surface area contributed by atoms with E-state index >= 15 is 0 Å². The van der Waals surface area contributed by atoms with Gasteiger partial charge >= 0.3 is 5.97 Å². The van der Waals surface area contributed by atoms with Crippen LogP contribution in [0.5, 0.6) is 0 Å². The van der Waals surface area contributed by atoms with Crippen LogP contribution in [0, 0.1) is 17.3 Å². The van der Waals surface area contributed by atoms with Crippen molar-refractivity contribution < 1.29 is 14.7 Å². The fourth-order valence-corrected chi connectivity index (χ4v) is 3.14. The highest BCUT2D eigenvalue weighted by Gasteiger charge is 2.61. The van der Waals surface area contributed by atoms with Crippen LogP contribution in [0.3, 0.4) is 0 Å². The van der Waals surface area contributed by atoms with Gasteiger partial charge in [0.1, 0.15) is 0 Å². The molecule has 82 valence electrons. The Morgan fingerprint density at radius 3 is 2.67 bits per heavy atom. The highest BCUT2D eigenvalue weighted by atomic mass is 32.2. The Labute approximate surface area is 92.9 Å². The minimum Gasteiger partial charge on any atom is -0.481 e. The first-order chi connectivity index (χ1) is 6.94. The van der Waals surface area contributed by atoms with Gasteiger partial charge in [-0.25, -0.2) is 0 Å². The maximum Gasteiger partial charge on any atom is 0.307 e. The van der Waals surface area contributed by atoms with E-state index in [1.807, 2.05) is 19.9 Å². The van der Waals surface area contributed by atoms with Gasteiger partial charge in [-0.2, -0.15) is 0 Å². The molecule has 2 fully saturated rings. The van der Waals surface area contributed by atoms with Crippen molar-refractivity contribution in [2.45, 2.75) is 20.3 Å². The van der Waals surface area contributed by atoms with Crippen LogP contribution in [0.25, 0.3) is 0 Å². The summed E-state index contributed by atoms with van der Waals surface area (Å²) in [7, 11) is 0. The average Bonchev–Trinajstić information content (AvgIpc) is 2.47. The first-order valence-electron chi connectivity index (χ1n) is 5.05. The number of hydrogen-bond acceptors (Lipinski definition) is 3. The summed E-state index contributed by atoms with van der Waals surface area (Å²) in [6.45, 7) is 3.89. The van der Waals surface area contributed by atoms with Crippen LogP contribution < -0.4 is 0 Å². The third-order valence-electron chi connectivity index (χ3n) is 3.42. The summed E-state index contributed by atoms with van der Waals surface area (Å²) < 4.78 is 0. The van der Waals surface area contributed by atoms with Crippen molar-refractivity contribution in [1.29, 1.82) is 0 Å². The number of rotatable bonds is 2. The number of carboxylic acids is 1. The maximum absolute atomic E-state index is 11.4. The smallest absolute Gasteiger partial charge is 0.307 e. The molecule has 0 spiro atoms. The third-order valence-corrected chi connectivity index (χ3v) is 4.36. The number of allylic oxidation sites excluding steroid dienone is 1. The molecular weight excluding hydrogens is 212 g/mol. The van der Waals surface area contributed by atoms with E-state index in [0.717, 1.165) is 17.7 Å². The molecule has 0 amide bonds. The molecule has 1 aliphatic carbocycles. The first-order valence-corrected chi connectivity index (χ1v) is 6.04. The van der Waals surface area contributed by atoms with E-state index in [1.54, 1.807) is 0 Å². The van der Waals surface area contributed by atoms with E-state index in [-0.39, 0.29) is 22.4 Å². The summed E-state index contributed by atoms with van der Waals surface area (Å²) in [4.78, 5) is 22.3. The molecule has 0 bridgehead atoms. The van der Waals surface area contributed by atoms with Gasteiger partial charge in [-0.15, -0.1) is 0 Å². The molecule has 1 saturated heterocycles. The number of hydrogen-bond donors (Lipinski definition) is 1. The lowest BCUT2D eigenvalue weighted by atomic mass is 10.1. The number of thioether (sulfide) groups is 1. The molecule has 0 radical (unpaired) electrons. The summed E-state index contributed by atoms with van der Waals surface area (Å²) in [6.07, 6.45) is 2.68. The molecule has 15 heavy (non-hydrogen) atoms. The van der Waals surface area contributed by atoms with Gasteiger partial charge in [-0.1, -0.05) is 31.7 Å². The Kier molecular flexibility index (Phi) is 2.41. The fraction of sp³-hybridized carbons (Fsp3) is 0.636. The summed E-state index contributed by atoms with van der Waals surface area (Å²) >= 11 is 1.33. The minimum atomic E-state index is -0.750. The summed E-state index contributed by atoms with van der Waals surface area (Å²) in [6, 6.07) is 0. The number of carbonyl (C=O) groups excluding carboxylic acids is 1. The van der Waals surface area contributed by atoms with Crippen molar-refractivity contribution in [1.82, 2.24) is 0 Å². The van der Waals surface area contributed by atoms with E-state index in [2.05, 4.69) is 0 Å². The topological polar surface area (TPSA) is 54.4 Å². The van der Waals surface area contributed by atoms with Crippen molar-refractivity contribution in [3.63, 3.8) is 0 Å². The summed E-state index contributed by atoms with van der Waals surface area (Å²) in [5.74, 6) is -0.189. The van der Waals surface area contributed by atoms with Crippen LogP contribution in [0.2, 0.25) is 0 Å². The third kappa shape index (κ3) is 1.71. The van der Waals surface area contributed by atoms with Gasteiger partial charge in [0.05, 0.1) is 5.92 Å². The quantitative estimate of drug-likeness (QED) is 0.731. The highest BCUT2D eigenvalue weighted by molar-refractivity contribution is 8.14. The van der Waals surface area contributed by atoms with Gasteiger partial charge in [0.15, 0.2) is 0 Å². The van der Waals surface area contributed by atoms with Crippen molar-refractivity contribution in [2.24, 2.45) is 17.3 Å². The molecular formula is C11H14O3S. The molecule has 1 saturated carbocycles. The molecule has 2 rings (SSSR count). The van der Waals surface area contributed by atoms with Crippen molar-refractivity contribution in [3.05, 3.63) is 11.6 Å². The van der Waals surface area contributed by atoms with Gasteiger partial charge < -0.3 is 5.11 Å². The second-order valence-corrected chi connectivity index (χ2v) is 5.81. The molecule has 1 N–H and O–H groups in total. The molecule has 2 atom stereocenters. The predicted molar refractivity (Wildman–Crippen MR) is 58.6 cm³/mol. The van der Waals surface area contributed by atoms with Crippen LogP contribution in [0.15, 0.2) is 11.6 Å². The van der Waals surface area contributed by atoms with Crippen molar-refractivity contribution in [3.8, 4) is 0 Å². The summed E-state index contributed by atoms with van der Waals surface area (Å²) in [5, 5.41) is 9.11. The number of carbonyl (C=O) groups is 2. The lowest BCUT2D eigenvalue weighted by Crippen LogP contribution is -2.03. The highest BCUT2D eigenvalue weighted by Crippen LogP contribution is 2.59. The molecule has 2 aliphatic rings.